The maximum Gasteiger partial charge on any atom is 0.328 e. The van der Waals surface area contributed by atoms with Crippen molar-refractivity contribution in [2.75, 3.05) is 18.4 Å². The fourth-order valence-corrected chi connectivity index (χ4v) is 3.27. The summed E-state index contributed by atoms with van der Waals surface area (Å²) in [5, 5.41) is 36.8. The van der Waals surface area contributed by atoms with E-state index in [1.165, 1.54) is 10.4 Å². The van der Waals surface area contributed by atoms with Crippen molar-refractivity contribution in [3.8, 4) is 0 Å². The lowest BCUT2D eigenvalue weighted by Gasteiger charge is -2.12. The zero-order chi connectivity index (χ0) is 25.5. The second-order valence-corrected chi connectivity index (χ2v) is 7.23. The molecule has 0 fully saturated rings. The summed E-state index contributed by atoms with van der Waals surface area (Å²) in [5.41, 5.74) is 9.14. The van der Waals surface area contributed by atoms with Crippen LogP contribution in [0.1, 0.15) is 10.4 Å². The number of nitrogens with two attached hydrogens (primary N) is 1. The molecule has 2 aromatic rings. The maximum atomic E-state index is 9.55. The van der Waals surface area contributed by atoms with Crippen LogP contribution in [0.3, 0.4) is 0 Å². The van der Waals surface area contributed by atoms with E-state index in [1.54, 1.807) is 11.3 Å². The van der Waals surface area contributed by atoms with Crippen molar-refractivity contribution in [2.45, 2.75) is 6.04 Å². The highest BCUT2D eigenvalue weighted by atomic mass is 32.1. The van der Waals surface area contributed by atoms with Crippen LogP contribution in [-0.4, -0.2) is 69.1 Å². The van der Waals surface area contributed by atoms with Crippen LogP contribution >= 0.6 is 11.3 Å². The lowest BCUT2D eigenvalue weighted by molar-refractivity contribution is -0.134. The lowest BCUT2D eigenvalue weighted by atomic mass is 10.1. The summed E-state index contributed by atoms with van der Waals surface area (Å²) >= 11 is 1.72. The number of nitrogens with zero attached hydrogens (tertiary/aromatic N) is 1. The van der Waals surface area contributed by atoms with E-state index in [-0.39, 0.29) is 6.04 Å². The van der Waals surface area contributed by atoms with Gasteiger partial charge in [-0.15, -0.1) is 11.3 Å². The number of fused-ring (bicyclic) bond motifs is 1. The average molecular weight is 490 g/mol. The van der Waals surface area contributed by atoms with Gasteiger partial charge in [0.05, 0.1) is 28.9 Å². The minimum atomic E-state index is -1.26. The molecule has 0 saturated carbocycles. The van der Waals surface area contributed by atoms with Gasteiger partial charge in [0.1, 0.15) is 0 Å². The Labute approximate surface area is 198 Å². The molecule has 11 nitrogen and oxygen atoms in total. The smallest absolute Gasteiger partial charge is 0.328 e. The molecule has 0 aliphatic carbocycles. The number of nitrogens with one attached hydrogen (secondary N) is 1. The summed E-state index contributed by atoms with van der Waals surface area (Å²) in [6.45, 7) is 1.32. The summed E-state index contributed by atoms with van der Waals surface area (Å²) in [6.07, 6.45) is 2.23. The summed E-state index contributed by atoms with van der Waals surface area (Å²) in [7, 11) is 0. The van der Waals surface area contributed by atoms with Crippen molar-refractivity contribution in [1.29, 1.82) is 0 Å². The molecule has 0 bridgehead atoms. The van der Waals surface area contributed by atoms with Gasteiger partial charge in [0.25, 0.3) is 0 Å². The Kier molecular flexibility index (Phi) is 12.0. The first-order valence-electron chi connectivity index (χ1n) is 9.56. The second-order valence-electron chi connectivity index (χ2n) is 6.32. The number of carboxylic acid groups (broad SMARTS) is 4. The highest BCUT2D eigenvalue weighted by molar-refractivity contribution is 7.13. The molecular formula is C22H23N3O8S. The van der Waals surface area contributed by atoms with Crippen molar-refractivity contribution >= 4 is 46.6 Å². The number of carboxylic acids is 4. The van der Waals surface area contributed by atoms with Crippen LogP contribution in [0.4, 0.5) is 5.69 Å². The number of thiophene rings is 1. The standard InChI is InChI=1S/C14H15N3S.2C4H4O4/c15-8-11-9-16-13(10-4-2-1-3-5-10)14-12(17-11)6-7-18-14;2*5-3(6)1-2-4(7)8/h1-7,11,17H,8-9,15H2;2*1-2H,(H,5,6)(H,7,8)/b;2*2-1-. The molecular weight excluding hydrogens is 466 g/mol. The average Bonchev–Trinajstić information content (AvgIpc) is 3.17. The van der Waals surface area contributed by atoms with E-state index in [1.807, 2.05) is 18.2 Å². The largest absolute Gasteiger partial charge is 0.478 e. The molecule has 1 unspecified atom stereocenters. The SMILES string of the molecule is NCC1CN=C(c2ccccc2)c2sccc2N1.O=C(O)/C=C\C(=O)O.O=C(O)/C=C\C(=O)O. The Balaban J connectivity index is 0.000000304. The van der Waals surface area contributed by atoms with Crippen molar-refractivity contribution < 1.29 is 39.6 Å². The van der Waals surface area contributed by atoms with Crippen LogP contribution in [0.15, 0.2) is 71.1 Å². The first-order chi connectivity index (χ1) is 16.1. The first kappa shape index (κ1) is 27.7. The molecule has 1 aromatic heterocycles. The van der Waals surface area contributed by atoms with Crippen LogP contribution in [-0.2, 0) is 19.2 Å². The van der Waals surface area contributed by atoms with Crippen LogP contribution in [0, 0.1) is 0 Å². The predicted molar refractivity (Wildman–Crippen MR) is 127 cm³/mol. The Hall–Kier alpha value is -4.29. The lowest BCUT2D eigenvalue weighted by Crippen LogP contribution is -2.30. The summed E-state index contributed by atoms with van der Waals surface area (Å²) < 4.78 is 0. The normalized spacial score (nSPS) is 14.3. The summed E-state index contributed by atoms with van der Waals surface area (Å²) in [4.78, 5) is 44.2. The van der Waals surface area contributed by atoms with Gasteiger partial charge in [-0.05, 0) is 11.4 Å². The maximum absolute atomic E-state index is 9.55. The zero-order valence-electron chi connectivity index (χ0n) is 17.7. The van der Waals surface area contributed by atoms with E-state index in [2.05, 4.69) is 28.9 Å². The van der Waals surface area contributed by atoms with Gasteiger partial charge >= 0.3 is 23.9 Å². The number of hydrogen-bond donors (Lipinski definition) is 6. The number of aliphatic imine (C=N–C) groups is 1. The molecule has 1 aliphatic rings. The van der Waals surface area contributed by atoms with E-state index >= 15 is 0 Å². The van der Waals surface area contributed by atoms with Gasteiger partial charge in [0.2, 0.25) is 0 Å². The molecule has 0 amide bonds. The minimum Gasteiger partial charge on any atom is -0.478 e. The van der Waals surface area contributed by atoms with Gasteiger partial charge in [-0.1, -0.05) is 30.3 Å². The van der Waals surface area contributed by atoms with E-state index in [9.17, 15) is 19.2 Å². The van der Waals surface area contributed by atoms with Crippen LogP contribution < -0.4 is 11.1 Å². The highest BCUT2D eigenvalue weighted by Gasteiger charge is 2.19. The molecule has 12 heteroatoms. The molecule has 180 valence electrons. The molecule has 34 heavy (non-hydrogen) atoms. The Morgan fingerprint density at radius 2 is 1.41 bits per heavy atom. The van der Waals surface area contributed by atoms with Gasteiger partial charge in [0.15, 0.2) is 0 Å². The topological polar surface area (TPSA) is 200 Å². The highest BCUT2D eigenvalue weighted by Crippen LogP contribution is 2.28. The Morgan fingerprint density at radius 3 is 1.85 bits per heavy atom. The number of rotatable bonds is 6. The number of benzene rings is 1. The number of aliphatic carboxylic acids is 4. The van der Waals surface area contributed by atoms with Gasteiger partial charge in [-0.25, -0.2) is 19.2 Å². The molecule has 7 N–H and O–H groups in total. The molecule has 0 saturated heterocycles. The monoisotopic (exact) mass is 489 g/mol. The van der Waals surface area contributed by atoms with Gasteiger partial charge in [-0.2, -0.15) is 0 Å². The van der Waals surface area contributed by atoms with Gasteiger partial charge in [0, 0.05) is 36.4 Å². The van der Waals surface area contributed by atoms with Crippen molar-refractivity contribution in [3.63, 3.8) is 0 Å². The first-order valence-corrected chi connectivity index (χ1v) is 10.4. The van der Waals surface area contributed by atoms with Crippen molar-refractivity contribution in [3.05, 3.63) is 76.5 Å². The van der Waals surface area contributed by atoms with E-state index in [0.717, 1.165) is 17.9 Å². The quantitative estimate of drug-likeness (QED) is 0.325. The molecule has 0 spiro atoms. The van der Waals surface area contributed by atoms with Crippen LogP contribution in [0.25, 0.3) is 0 Å². The minimum absolute atomic E-state index is 0.222. The van der Waals surface area contributed by atoms with Gasteiger partial charge < -0.3 is 31.5 Å². The summed E-state index contributed by atoms with van der Waals surface area (Å²) in [6, 6.07) is 12.6. The fraction of sp³-hybridized carbons (Fsp3) is 0.136. The van der Waals surface area contributed by atoms with E-state index < -0.39 is 23.9 Å². The fourth-order valence-electron chi connectivity index (χ4n) is 2.38. The number of hydrogen-bond acceptors (Lipinski definition) is 8. The van der Waals surface area contributed by atoms with Crippen molar-refractivity contribution in [1.82, 2.24) is 0 Å². The number of carbonyl (C=O) groups is 4. The van der Waals surface area contributed by atoms with Crippen LogP contribution in [0.2, 0.25) is 0 Å². The van der Waals surface area contributed by atoms with Crippen molar-refractivity contribution in [2.24, 2.45) is 10.7 Å². The second kappa shape index (κ2) is 14.7. The number of anilines is 1. The van der Waals surface area contributed by atoms with E-state index in [0.29, 0.717) is 30.8 Å². The molecule has 1 atom stereocenters. The third-order valence-corrected chi connectivity index (χ3v) is 4.70. The van der Waals surface area contributed by atoms with Gasteiger partial charge in [-0.3, -0.25) is 4.99 Å². The predicted octanol–water partition coefficient (Wildman–Crippen LogP) is 1.76. The molecule has 1 aromatic carbocycles. The Morgan fingerprint density at radius 1 is 0.912 bits per heavy atom. The third-order valence-electron chi connectivity index (χ3n) is 3.78. The molecule has 2 heterocycles. The molecule has 0 radical (unpaired) electrons. The van der Waals surface area contributed by atoms with Crippen LogP contribution in [0.5, 0.6) is 0 Å². The zero-order valence-corrected chi connectivity index (χ0v) is 18.5. The summed E-state index contributed by atoms with van der Waals surface area (Å²) in [5.74, 6) is -5.03. The van der Waals surface area contributed by atoms with E-state index in [4.69, 9.17) is 31.2 Å². The third kappa shape index (κ3) is 10.8. The Bertz CT molecular complexity index is 1010. The molecule has 1 aliphatic heterocycles. The molecule has 3 rings (SSSR count).